The summed E-state index contributed by atoms with van der Waals surface area (Å²) in [6.07, 6.45) is 4.16. The van der Waals surface area contributed by atoms with E-state index in [2.05, 4.69) is 28.5 Å². The van der Waals surface area contributed by atoms with Crippen molar-refractivity contribution in [3.63, 3.8) is 0 Å². The van der Waals surface area contributed by atoms with E-state index in [9.17, 15) is 0 Å². The molecule has 106 valence electrons. The summed E-state index contributed by atoms with van der Waals surface area (Å²) in [5.41, 5.74) is 0. The third-order valence-electron chi connectivity index (χ3n) is 4.68. The highest BCUT2D eigenvalue weighted by atomic mass is 15.3. The number of piperidine rings is 1. The molecule has 0 radical (unpaired) electrons. The molecule has 3 heteroatoms. The fourth-order valence-corrected chi connectivity index (χ4v) is 3.36. The summed E-state index contributed by atoms with van der Waals surface area (Å²) in [7, 11) is 0. The van der Waals surface area contributed by atoms with Gasteiger partial charge in [0, 0.05) is 32.7 Å². The average molecular weight is 253 g/mol. The second kappa shape index (κ2) is 7.46. The van der Waals surface area contributed by atoms with Gasteiger partial charge in [-0.05, 0) is 51.4 Å². The fraction of sp³-hybridized carbons (Fsp3) is 1.00. The number of nitrogens with zero attached hydrogens (tertiary/aromatic N) is 3. The Balaban J connectivity index is 1.63. The lowest BCUT2D eigenvalue weighted by Gasteiger charge is -2.38. The summed E-state index contributed by atoms with van der Waals surface area (Å²) in [5.74, 6) is 0.964. The molecule has 0 saturated carbocycles. The van der Waals surface area contributed by atoms with Gasteiger partial charge >= 0.3 is 0 Å². The first kappa shape index (κ1) is 14.3. The molecular formula is C15H31N3. The molecule has 2 aliphatic rings. The van der Waals surface area contributed by atoms with E-state index >= 15 is 0 Å². The van der Waals surface area contributed by atoms with E-state index in [1.165, 1.54) is 78.2 Å². The van der Waals surface area contributed by atoms with E-state index in [0.717, 1.165) is 5.92 Å². The summed E-state index contributed by atoms with van der Waals surface area (Å²) >= 11 is 0. The van der Waals surface area contributed by atoms with Crippen molar-refractivity contribution in [1.29, 1.82) is 0 Å². The maximum atomic E-state index is 2.70. The predicted molar refractivity (Wildman–Crippen MR) is 78.0 cm³/mol. The second-order valence-electron chi connectivity index (χ2n) is 6.02. The molecule has 0 bridgehead atoms. The molecule has 3 nitrogen and oxygen atoms in total. The topological polar surface area (TPSA) is 9.72 Å². The van der Waals surface area contributed by atoms with Crippen LogP contribution in [0.25, 0.3) is 0 Å². The summed E-state index contributed by atoms with van der Waals surface area (Å²) in [4.78, 5) is 7.91. The van der Waals surface area contributed by atoms with Crippen LogP contribution in [0, 0.1) is 5.92 Å². The van der Waals surface area contributed by atoms with Gasteiger partial charge in [-0.25, -0.2) is 0 Å². The lowest BCUT2D eigenvalue weighted by molar-refractivity contribution is 0.0977. The second-order valence-corrected chi connectivity index (χ2v) is 6.02. The van der Waals surface area contributed by atoms with Crippen LogP contribution in [0.3, 0.4) is 0 Å². The number of piperazine rings is 1. The Bertz CT molecular complexity index is 216. The smallest absolute Gasteiger partial charge is 0.0110 e. The summed E-state index contributed by atoms with van der Waals surface area (Å²) in [6, 6.07) is 0. The molecule has 0 unspecified atom stereocenters. The summed E-state index contributed by atoms with van der Waals surface area (Å²) in [6.45, 7) is 16.3. The van der Waals surface area contributed by atoms with Gasteiger partial charge in [0.05, 0.1) is 0 Å². The molecule has 0 N–H and O–H groups in total. The highest BCUT2D eigenvalue weighted by Gasteiger charge is 2.22. The van der Waals surface area contributed by atoms with Gasteiger partial charge in [-0.2, -0.15) is 0 Å². The SMILES string of the molecule is CCCN1CCC(CN2CCN(CC)CC2)CC1. The highest BCUT2D eigenvalue weighted by Crippen LogP contribution is 2.19. The molecule has 2 aliphatic heterocycles. The molecule has 2 rings (SSSR count). The predicted octanol–water partition coefficient (Wildman–Crippen LogP) is 1.75. The molecule has 0 spiro atoms. The maximum Gasteiger partial charge on any atom is 0.0110 e. The molecular weight excluding hydrogens is 222 g/mol. The third kappa shape index (κ3) is 4.22. The van der Waals surface area contributed by atoms with E-state index in [-0.39, 0.29) is 0 Å². The van der Waals surface area contributed by atoms with Gasteiger partial charge in [0.25, 0.3) is 0 Å². The Kier molecular flexibility index (Phi) is 5.93. The Hall–Kier alpha value is -0.120. The van der Waals surface area contributed by atoms with Gasteiger partial charge in [0.1, 0.15) is 0 Å². The van der Waals surface area contributed by atoms with E-state index in [4.69, 9.17) is 0 Å². The van der Waals surface area contributed by atoms with Gasteiger partial charge in [-0.15, -0.1) is 0 Å². The van der Waals surface area contributed by atoms with Crippen molar-refractivity contribution in [1.82, 2.24) is 14.7 Å². The molecule has 0 aromatic heterocycles. The van der Waals surface area contributed by atoms with Crippen LogP contribution in [0.5, 0.6) is 0 Å². The van der Waals surface area contributed by atoms with E-state index < -0.39 is 0 Å². The van der Waals surface area contributed by atoms with E-state index in [1.54, 1.807) is 0 Å². The van der Waals surface area contributed by atoms with Crippen LogP contribution in [0.2, 0.25) is 0 Å². The number of likely N-dealkylation sites (N-methyl/N-ethyl adjacent to an activating group) is 1. The van der Waals surface area contributed by atoms with Crippen molar-refractivity contribution in [3.8, 4) is 0 Å². The van der Waals surface area contributed by atoms with Crippen LogP contribution in [0.4, 0.5) is 0 Å². The number of likely N-dealkylation sites (tertiary alicyclic amines) is 1. The van der Waals surface area contributed by atoms with Crippen molar-refractivity contribution >= 4 is 0 Å². The Morgan fingerprint density at radius 1 is 0.778 bits per heavy atom. The van der Waals surface area contributed by atoms with Gasteiger partial charge in [0.15, 0.2) is 0 Å². The van der Waals surface area contributed by atoms with Crippen LogP contribution in [-0.2, 0) is 0 Å². The lowest BCUT2D eigenvalue weighted by Crippen LogP contribution is -2.48. The van der Waals surface area contributed by atoms with E-state index in [0.29, 0.717) is 0 Å². The molecule has 0 atom stereocenters. The standard InChI is InChI=1S/C15H31N3/c1-3-7-17-8-5-15(6-9-17)14-18-12-10-16(4-2)11-13-18/h15H,3-14H2,1-2H3. The molecule has 0 aromatic carbocycles. The Morgan fingerprint density at radius 2 is 1.39 bits per heavy atom. The minimum absolute atomic E-state index is 0.964. The summed E-state index contributed by atoms with van der Waals surface area (Å²) in [5, 5.41) is 0. The Morgan fingerprint density at radius 3 is 1.94 bits per heavy atom. The largest absolute Gasteiger partial charge is 0.303 e. The van der Waals surface area contributed by atoms with Crippen molar-refractivity contribution in [2.75, 3.05) is 58.9 Å². The Labute approximate surface area is 113 Å². The van der Waals surface area contributed by atoms with Crippen molar-refractivity contribution < 1.29 is 0 Å². The minimum Gasteiger partial charge on any atom is -0.303 e. The van der Waals surface area contributed by atoms with Crippen LogP contribution in [-0.4, -0.2) is 73.6 Å². The lowest BCUT2D eigenvalue weighted by atomic mass is 9.96. The van der Waals surface area contributed by atoms with Gasteiger partial charge in [0.2, 0.25) is 0 Å². The van der Waals surface area contributed by atoms with Gasteiger partial charge in [-0.3, -0.25) is 0 Å². The fourth-order valence-electron chi connectivity index (χ4n) is 3.36. The average Bonchev–Trinajstić information content (AvgIpc) is 2.42. The van der Waals surface area contributed by atoms with Crippen molar-refractivity contribution in [3.05, 3.63) is 0 Å². The zero-order valence-corrected chi connectivity index (χ0v) is 12.4. The molecule has 2 heterocycles. The normalized spacial score (nSPS) is 25.7. The first-order valence-electron chi connectivity index (χ1n) is 7.99. The monoisotopic (exact) mass is 253 g/mol. The van der Waals surface area contributed by atoms with Crippen LogP contribution >= 0.6 is 0 Å². The van der Waals surface area contributed by atoms with Crippen LogP contribution in [0.15, 0.2) is 0 Å². The summed E-state index contributed by atoms with van der Waals surface area (Å²) < 4.78 is 0. The first-order chi connectivity index (χ1) is 8.81. The third-order valence-corrected chi connectivity index (χ3v) is 4.68. The number of rotatable bonds is 5. The quantitative estimate of drug-likeness (QED) is 0.739. The number of hydrogen-bond donors (Lipinski definition) is 0. The van der Waals surface area contributed by atoms with Gasteiger partial charge < -0.3 is 14.7 Å². The first-order valence-corrected chi connectivity index (χ1v) is 7.99. The van der Waals surface area contributed by atoms with Crippen LogP contribution in [0.1, 0.15) is 33.1 Å². The van der Waals surface area contributed by atoms with Gasteiger partial charge in [-0.1, -0.05) is 13.8 Å². The van der Waals surface area contributed by atoms with E-state index in [1.807, 2.05) is 0 Å². The zero-order valence-electron chi connectivity index (χ0n) is 12.4. The molecule has 18 heavy (non-hydrogen) atoms. The number of hydrogen-bond acceptors (Lipinski definition) is 3. The minimum atomic E-state index is 0.964. The molecule has 0 aliphatic carbocycles. The van der Waals surface area contributed by atoms with Crippen molar-refractivity contribution in [2.45, 2.75) is 33.1 Å². The molecule has 0 aromatic rings. The maximum absolute atomic E-state index is 2.70. The molecule has 2 fully saturated rings. The highest BCUT2D eigenvalue weighted by molar-refractivity contribution is 4.78. The van der Waals surface area contributed by atoms with Crippen molar-refractivity contribution in [2.24, 2.45) is 5.92 Å². The zero-order chi connectivity index (χ0) is 12.8. The van der Waals surface area contributed by atoms with Crippen LogP contribution < -0.4 is 0 Å². The molecule has 0 amide bonds. The molecule has 2 saturated heterocycles.